The van der Waals surface area contributed by atoms with Gasteiger partial charge in [0.1, 0.15) is 0 Å². The first-order valence-electron chi connectivity index (χ1n) is 5.55. The summed E-state index contributed by atoms with van der Waals surface area (Å²) in [6.45, 7) is 3.29. The molecule has 0 aromatic heterocycles. The quantitative estimate of drug-likeness (QED) is 0.664. The van der Waals surface area contributed by atoms with Crippen molar-refractivity contribution < 1.29 is 0 Å². The van der Waals surface area contributed by atoms with Crippen LogP contribution in [0.3, 0.4) is 0 Å². The smallest absolute Gasteiger partial charge is 0.0767 e. The van der Waals surface area contributed by atoms with Crippen molar-refractivity contribution in [3.05, 3.63) is 12.3 Å². The minimum absolute atomic E-state index is 0.535. The molecule has 2 nitrogen and oxygen atoms in total. The SMILES string of the molecule is CC1NCC=CN1C1CCCCC1. The van der Waals surface area contributed by atoms with Crippen molar-refractivity contribution in [2.75, 3.05) is 6.54 Å². The number of hydrogen-bond acceptors (Lipinski definition) is 2. The molecular formula is C11H20N2. The number of nitrogens with one attached hydrogen (secondary N) is 1. The molecule has 1 saturated carbocycles. The van der Waals surface area contributed by atoms with Gasteiger partial charge in [-0.05, 0) is 26.0 Å². The summed E-state index contributed by atoms with van der Waals surface area (Å²) in [6.07, 6.45) is 12.1. The number of rotatable bonds is 1. The lowest BCUT2D eigenvalue weighted by molar-refractivity contribution is 0.145. The topological polar surface area (TPSA) is 15.3 Å². The van der Waals surface area contributed by atoms with Crippen molar-refractivity contribution in [2.24, 2.45) is 0 Å². The second-order valence-corrected chi connectivity index (χ2v) is 4.21. The van der Waals surface area contributed by atoms with Crippen LogP contribution in [0.5, 0.6) is 0 Å². The van der Waals surface area contributed by atoms with Crippen molar-refractivity contribution in [1.82, 2.24) is 10.2 Å². The summed E-state index contributed by atoms with van der Waals surface area (Å²) >= 11 is 0. The van der Waals surface area contributed by atoms with E-state index in [1.165, 1.54) is 32.1 Å². The van der Waals surface area contributed by atoms with Gasteiger partial charge >= 0.3 is 0 Å². The van der Waals surface area contributed by atoms with Gasteiger partial charge in [0.25, 0.3) is 0 Å². The summed E-state index contributed by atoms with van der Waals surface area (Å²) in [7, 11) is 0. The van der Waals surface area contributed by atoms with Crippen LogP contribution in [0.2, 0.25) is 0 Å². The van der Waals surface area contributed by atoms with Crippen molar-refractivity contribution >= 4 is 0 Å². The Morgan fingerprint density at radius 2 is 2.00 bits per heavy atom. The molecule has 2 rings (SSSR count). The molecule has 74 valence electrons. The summed E-state index contributed by atoms with van der Waals surface area (Å²) in [5.74, 6) is 0. The second kappa shape index (κ2) is 4.14. The highest BCUT2D eigenvalue weighted by Crippen LogP contribution is 2.24. The molecule has 0 spiro atoms. The Bertz CT molecular complexity index is 183. The zero-order valence-electron chi connectivity index (χ0n) is 8.50. The van der Waals surface area contributed by atoms with Gasteiger partial charge in [-0.2, -0.15) is 0 Å². The normalized spacial score (nSPS) is 30.8. The summed E-state index contributed by atoms with van der Waals surface area (Å²) in [5, 5.41) is 3.47. The van der Waals surface area contributed by atoms with Gasteiger partial charge in [-0.25, -0.2) is 0 Å². The fraction of sp³-hybridized carbons (Fsp3) is 0.818. The third-order valence-electron chi connectivity index (χ3n) is 3.25. The van der Waals surface area contributed by atoms with E-state index in [0.29, 0.717) is 6.17 Å². The zero-order valence-corrected chi connectivity index (χ0v) is 8.50. The Balaban J connectivity index is 1.96. The minimum atomic E-state index is 0.535. The minimum Gasteiger partial charge on any atom is -0.360 e. The summed E-state index contributed by atoms with van der Waals surface area (Å²) in [6, 6.07) is 0.799. The first-order chi connectivity index (χ1) is 6.38. The molecular weight excluding hydrogens is 160 g/mol. The van der Waals surface area contributed by atoms with Crippen LogP contribution in [0.15, 0.2) is 12.3 Å². The maximum Gasteiger partial charge on any atom is 0.0767 e. The fourth-order valence-electron chi connectivity index (χ4n) is 2.46. The molecule has 2 heteroatoms. The number of hydrogen-bond donors (Lipinski definition) is 1. The van der Waals surface area contributed by atoms with E-state index in [2.05, 4.69) is 29.4 Å². The molecule has 0 aromatic carbocycles. The lowest BCUT2D eigenvalue weighted by Crippen LogP contribution is -2.49. The predicted molar refractivity (Wildman–Crippen MR) is 55.3 cm³/mol. The zero-order chi connectivity index (χ0) is 9.10. The highest BCUT2D eigenvalue weighted by molar-refractivity contribution is 4.95. The van der Waals surface area contributed by atoms with E-state index in [-0.39, 0.29) is 0 Å². The molecule has 0 radical (unpaired) electrons. The second-order valence-electron chi connectivity index (χ2n) is 4.21. The largest absolute Gasteiger partial charge is 0.360 e. The van der Waals surface area contributed by atoms with E-state index in [0.717, 1.165) is 12.6 Å². The molecule has 1 unspecified atom stereocenters. The predicted octanol–water partition coefficient (Wildman–Crippen LogP) is 2.08. The lowest BCUT2D eigenvalue weighted by atomic mass is 9.94. The van der Waals surface area contributed by atoms with Gasteiger partial charge < -0.3 is 4.90 Å². The van der Waals surface area contributed by atoms with Gasteiger partial charge in [-0.1, -0.05) is 25.3 Å². The fourth-order valence-corrected chi connectivity index (χ4v) is 2.46. The average Bonchev–Trinajstić information content (AvgIpc) is 2.20. The Morgan fingerprint density at radius 1 is 1.23 bits per heavy atom. The van der Waals surface area contributed by atoms with E-state index in [9.17, 15) is 0 Å². The lowest BCUT2D eigenvalue weighted by Gasteiger charge is -2.40. The Hall–Kier alpha value is -0.500. The number of nitrogens with zero attached hydrogens (tertiary/aromatic N) is 1. The van der Waals surface area contributed by atoms with Gasteiger partial charge in [0, 0.05) is 12.6 Å². The van der Waals surface area contributed by atoms with Crippen molar-refractivity contribution in [2.45, 2.75) is 51.2 Å². The first kappa shape index (κ1) is 9.07. The summed E-state index contributed by atoms with van der Waals surface area (Å²) in [5.41, 5.74) is 0. The van der Waals surface area contributed by atoms with Gasteiger partial charge in [0.15, 0.2) is 0 Å². The average molecular weight is 180 g/mol. The van der Waals surface area contributed by atoms with Crippen LogP contribution in [-0.4, -0.2) is 23.7 Å². The molecule has 1 heterocycles. The van der Waals surface area contributed by atoms with Crippen LogP contribution in [0, 0.1) is 0 Å². The van der Waals surface area contributed by atoms with Gasteiger partial charge in [0.05, 0.1) is 6.17 Å². The van der Waals surface area contributed by atoms with Gasteiger partial charge in [0.2, 0.25) is 0 Å². The van der Waals surface area contributed by atoms with Crippen molar-refractivity contribution in [3.8, 4) is 0 Å². The summed E-state index contributed by atoms with van der Waals surface area (Å²) < 4.78 is 0. The van der Waals surface area contributed by atoms with E-state index in [1.54, 1.807) is 0 Å². The van der Waals surface area contributed by atoms with Crippen molar-refractivity contribution in [3.63, 3.8) is 0 Å². The van der Waals surface area contributed by atoms with Crippen molar-refractivity contribution in [1.29, 1.82) is 0 Å². The molecule has 0 aromatic rings. The molecule has 0 amide bonds. The molecule has 1 N–H and O–H groups in total. The molecule has 0 bridgehead atoms. The van der Waals surface area contributed by atoms with E-state index >= 15 is 0 Å². The van der Waals surface area contributed by atoms with Crippen LogP contribution >= 0.6 is 0 Å². The molecule has 1 aliphatic carbocycles. The highest BCUT2D eigenvalue weighted by atomic mass is 15.3. The highest BCUT2D eigenvalue weighted by Gasteiger charge is 2.23. The van der Waals surface area contributed by atoms with Gasteiger partial charge in [-0.15, -0.1) is 0 Å². The van der Waals surface area contributed by atoms with Crippen LogP contribution < -0.4 is 5.32 Å². The Labute approximate surface area is 81.0 Å². The molecule has 13 heavy (non-hydrogen) atoms. The standard InChI is InChI=1S/C11H20N2/c1-10-12-8-5-9-13(10)11-6-3-2-4-7-11/h5,9-12H,2-4,6-8H2,1H3. The van der Waals surface area contributed by atoms with E-state index < -0.39 is 0 Å². The molecule has 2 aliphatic rings. The Kier molecular flexibility index (Phi) is 2.89. The third kappa shape index (κ3) is 2.05. The molecule has 1 atom stereocenters. The van der Waals surface area contributed by atoms with Crippen LogP contribution in [0.4, 0.5) is 0 Å². The molecule has 1 aliphatic heterocycles. The van der Waals surface area contributed by atoms with E-state index in [1.807, 2.05) is 0 Å². The van der Waals surface area contributed by atoms with E-state index in [4.69, 9.17) is 0 Å². The maximum absolute atomic E-state index is 3.47. The summed E-state index contributed by atoms with van der Waals surface area (Å²) in [4.78, 5) is 2.50. The molecule has 1 fully saturated rings. The Morgan fingerprint density at radius 3 is 2.69 bits per heavy atom. The van der Waals surface area contributed by atoms with Crippen LogP contribution in [0.25, 0.3) is 0 Å². The van der Waals surface area contributed by atoms with Crippen LogP contribution in [-0.2, 0) is 0 Å². The maximum atomic E-state index is 3.47. The van der Waals surface area contributed by atoms with Crippen LogP contribution in [0.1, 0.15) is 39.0 Å². The van der Waals surface area contributed by atoms with Gasteiger partial charge in [-0.3, -0.25) is 5.32 Å². The molecule has 0 saturated heterocycles. The monoisotopic (exact) mass is 180 g/mol. The third-order valence-corrected chi connectivity index (χ3v) is 3.25. The first-order valence-corrected chi connectivity index (χ1v) is 5.55.